The van der Waals surface area contributed by atoms with Gasteiger partial charge in [-0.05, 0) is 35.2 Å². The van der Waals surface area contributed by atoms with Gasteiger partial charge in [0.1, 0.15) is 5.69 Å². The van der Waals surface area contributed by atoms with Gasteiger partial charge in [0, 0.05) is 24.2 Å². The number of nitrogens with zero attached hydrogens (tertiary/aromatic N) is 3. The third-order valence-electron chi connectivity index (χ3n) is 6.18. The number of carbonyl (C=O) groups excluding carboxylic acids is 2. The van der Waals surface area contributed by atoms with Crippen LogP contribution in [0, 0.1) is 0 Å². The van der Waals surface area contributed by atoms with Crippen molar-refractivity contribution in [2.24, 2.45) is 0 Å². The quantitative estimate of drug-likeness (QED) is 0.405. The number of rotatable bonds is 7. The Hall–Kier alpha value is -3.90. The summed E-state index contributed by atoms with van der Waals surface area (Å²) in [6, 6.07) is 28.8. The average Bonchev–Trinajstić information content (AvgIpc) is 3.33. The van der Waals surface area contributed by atoms with E-state index in [0.29, 0.717) is 36.8 Å². The number of nitrogens with one attached hydrogen (secondary N) is 1. The van der Waals surface area contributed by atoms with Crippen LogP contribution < -0.4 is 5.32 Å². The molecule has 2 heterocycles. The Bertz CT molecular complexity index is 1320. The summed E-state index contributed by atoms with van der Waals surface area (Å²) in [6.45, 7) is 1.54. The van der Waals surface area contributed by atoms with E-state index in [9.17, 15) is 9.59 Å². The molecule has 0 fully saturated rings. The zero-order chi connectivity index (χ0) is 24.2. The van der Waals surface area contributed by atoms with Crippen molar-refractivity contribution in [2.45, 2.75) is 25.6 Å². The zero-order valence-corrected chi connectivity index (χ0v) is 19.9. The third kappa shape index (κ3) is 5.28. The smallest absolute Gasteiger partial charge is 0.272 e. The van der Waals surface area contributed by atoms with Gasteiger partial charge in [-0.3, -0.25) is 14.3 Å². The standard InChI is InChI=1S/C28H25ClN4O2/c29-23-13-11-21(12-14-23)19-32-15-16-33-26(28(32)35)18-25(31-33)27(34)30-24(22-9-5-2-6-10-22)17-20-7-3-1-4-8-20/h1-14,18,24H,15-17,19H2,(H,30,34)/t24-/m0/s1. The molecule has 0 radical (unpaired) electrons. The van der Waals surface area contributed by atoms with Crippen LogP contribution >= 0.6 is 11.6 Å². The van der Waals surface area contributed by atoms with E-state index in [4.69, 9.17) is 11.6 Å². The molecule has 0 aliphatic carbocycles. The number of benzene rings is 3. The minimum absolute atomic E-state index is 0.137. The van der Waals surface area contributed by atoms with Crippen LogP contribution in [0.3, 0.4) is 0 Å². The van der Waals surface area contributed by atoms with Crippen molar-refractivity contribution < 1.29 is 9.59 Å². The Labute approximate surface area is 209 Å². The van der Waals surface area contributed by atoms with Crippen molar-refractivity contribution in [3.05, 3.63) is 124 Å². The van der Waals surface area contributed by atoms with E-state index in [-0.39, 0.29) is 23.6 Å². The van der Waals surface area contributed by atoms with Crippen LogP contribution in [0.15, 0.2) is 91.0 Å². The maximum atomic E-state index is 13.2. The summed E-state index contributed by atoms with van der Waals surface area (Å²) in [7, 11) is 0. The molecule has 0 spiro atoms. The predicted octanol–water partition coefficient (Wildman–Crippen LogP) is 4.91. The van der Waals surface area contributed by atoms with Gasteiger partial charge in [0.05, 0.1) is 12.6 Å². The van der Waals surface area contributed by atoms with E-state index in [1.807, 2.05) is 84.9 Å². The Kier molecular flexibility index (Phi) is 6.64. The van der Waals surface area contributed by atoms with E-state index in [2.05, 4.69) is 10.4 Å². The number of carbonyl (C=O) groups is 2. The second-order valence-corrected chi connectivity index (χ2v) is 9.05. The lowest BCUT2D eigenvalue weighted by atomic mass is 9.98. The summed E-state index contributed by atoms with van der Waals surface area (Å²) >= 11 is 5.97. The first kappa shape index (κ1) is 22.9. The molecular formula is C28H25ClN4O2. The van der Waals surface area contributed by atoms with Crippen molar-refractivity contribution in [1.82, 2.24) is 20.0 Å². The van der Waals surface area contributed by atoms with Crippen LogP contribution in [0.1, 0.15) is 43.7 Å². The van der Waals surface area contributed by atoms with E-state index in [1.54, 1.807) is 15.6 Å². The first-order valence-electron chi connectivity index (χ1n) is 11.6. The molecule has 2 amide bonds. The van der Waals surface area contributed by atoms with E-state index in [1.165, 1.54) is 0 Å². The van der Waals surface area contributed by atoms with Gasteiger partial charge in [-0.2, -0.15) is 5.10 Å². The van der Waals surface area contributed by atoms with Gasteiger partial charge in [-0.1, -0.05) is 84.4 Å². The summed E-state index contributed by atoms with van der Waals surface area (Å²) in [5.41, 5.74) is 3.81. The molecule has 0 bridgehead atoms. The maximum Gasteiger partial charge on any atom is 0.272 e. The molecule has 7 heteroatoms. The number of halogens is 1. The minimum Gasteiger partial charge on any atom is -0.344 e. The highest BCUT2D eigenvalue weighted by molar-refractivity contribution is 6.30. The molecule has 4 aromatic rings. The van der Waals surface area contributed by atoms with Crippen molar-refractivity contribution in [2.75, 3.05) is 6.54 Å². The zero-order valence-electron chi connectivity index (χ0n) is 19.1. The van der Waals surface area contributed by atoms with Crippen molar-refractivity contribution in [3.63, 3.8) is 0 Å². The molecule has 1 atom stereocenters. The number of fused-ring (bicyclic) bond motifs is 1. The Balaban J connectivity index is 1.33. The first-order valence-corrected chi connectivity index (χ1v) is 12.0. The SMILES string of the molecule is O=C(N[C@@H](Cc1ccccc1)c1ccccc1)c1cc2n(n1)CCN(Cc1ccc(Cl)cc1)C2=O. The number of aromatic nitrogens is 2. The fourth-order valence-corrected chi connectivity index (χ4v) is 4.46. The summed E-state index contributed by atoms with van der Waals surface area (Å²) in [5.74, 6) is -0.435. The van der Waals surface area contributed by atoms with Gasteiger partial charge >= 0.3 is 0 Å². The van der Waals surface area contributed by atoms with E-state index in [0.717, 1.165) is 16.7 Å². The summed E-state index contributed by atoms with van der Waals surface area (Å²) < 4.78 is 1.63. The van der Waals surface area contributed by atoms with Crippen LogP contribution in [-0.2, 0) is 19.5 Å². The molecule has 0 saturated heterocycles. The van der Waals surface area contributed by atoms with E-state index < -0.39 is 0 Å². The normalized spacial score (nSPS) is 13.9. The highest BCUT2D eigenvalue weighted by Crippen LogP contribution is 2.21. The lowest BCUT2D eigenvalue weighted by Crippen LogP contribution is -2.39. The lowest BCUT2D eigenvalue weighted by Gasteiger charge is -2.27. The molecule has 1 N–H and O–H groups in total. The van der Waals surface area contributed by atoms with Crippen LogP contribution in [0.5, 0.6) is 0 Å². The molecule has 1 aromatic heterocycles. The second kappa shape index (κ2) is 10.2. The van der Waals surface area contributed by atoms with Crippen LogP contribution in [0.2, 0.25) is 5.02 Å². The third-order valence-corrected chi connectivity index (χ3v) is 6.43. The van der Waals surface area contributed by atoms with Crippen LogP contribution in [-0.4, -0.2) is 33.0 Å². The Morgan fingerprint density at radius 3 is 2.31 bits per heavy atom. The highest BCUT2D eigenvalue weighted by atomic mass is 35.5. The number of amides is 2. The molecule has 1 aliphatic heterocycles. The van der Waals surface area contributed by atoms with Gasteiger partial charge in [0.15, 0.2) is 5.69 Å². The molecule has 35 heavy (non-hydrogen) atoms. The first-order chi connectivity index (χ1) is 17.1. The summed E-state index contributed by atoms with van der Waals surface area (Å²) in [4.78, 5) is 28.1. The molecular weight excluding hydrogens is 460 g/mol. The fraction of sp³-hybridized carbons (Fsp3) is 0.179. The lowest BCUT2D eigenvalue weighted by molar-refractivity contribution is 0.0683. The maximum absolute atomic E-state index is 13.2. The summed E-state index contributed by atoms with van der Waals surface area (Å²) in [5, 5.41) is 8.23. The number of hydrogen-bond acceptors (Lipinski definition) is 3. The number of hydrogen-bond donors (Lipinski definition) is 1. The van der Waals surface area contributed by atoms with Gasteiger partial charge in [-0.25, -0.2) is 0 Å². The molecule has 0 saturated carbocycles. The van der Waals surface area contributed by atoms with Crippen LogP contribution in [0.25, 0.3) is 0 Å². The van der Waals surface area contributed by atoms with Crippen molar-refractivity contribution in [1.29, 1.82) is 0 Å². The van der Waals surface area contributed by atoms with E-state index >= 15 is 0 Å². The van der Waals surface area contributed by atoms with Crippen molar-refractivity contribution >= 4 is 23.4 Å². The topological polar surface area (TPSA) is 67.2 Å². The van der Waals surface area contributed by atoms with Crippen molar-refractivity contribution in [3.8, 4) is 0 Å². The van der Waals surface area contributed by atoms with Gasteiger partial charge in [0.25, 0.3) is 11.8 Å². The molecule has 6 nitrogen and oxygen atoms in total. The molecule has 3 aromatic carbocycles. The molecule has 5 rings (SSSR count). The van der Waals surface area contributed by atoms with Gasteiger partial charge in [-0.15, -0.1) is 0 Å². The van der Waals surface area contributed by atoms with Gasteiger partial charge in [0.2, 0.25) is 0 Å². The highest BCUT2D eigenvalue weighted by Gasteiger charge is 2.28. The monoisotopic (exact) mass is 484 g/mol. The molecule has 0 unspecified atom stereocenters. The summed E-state index contributed by atoms with van der Waals surface area (Å²) in [6.07, 6.45) is 0.651. The predicted molar refractivity (Wildman–Crippen MR) is 135 cm³/mol. The second-order valence-electron chi connectivity index (χ2n) is 8.62. The van der Waals surface area contributed by atoms with Gasteiger partial charge < -0.3 is 10.2 Å². The molecule has 1 aliphatic rings. The molecule has 176 valence electrons. The Morgan fingerprint density at radius 2 is 1.60 bits per heavy atom. The largest absolute Gasteiger partial charge is 0.344 e. The average molecular weight is 485 g/mol. The minimum atomic E-state index is -0.297. The fourth-order valence-electron chi connectivity index (χ4n) is 4.33. The van der Waals surface area contributed by atoms with Crippen LogP contribution in [0.4, 0.5) is 0 Å². The Morgan fingerprint density at radius 1 is 0.914 bits per heavy atom.